The van der Waals surface area contributed by atoms with Crippen LogP contribution in [0.1, 0.15) is 17.8 Å². The lowest BCUT2D eigenvalue weighted by atomic mass is 10.1. The molecule has 3 rings (SSSR count). The normalized spacial score (nSPS) is 11.3. The molecule has 2 heterocycles. The first kappa shape index (κ1) is 22.0. The molecule has 0 amide bonds. The summed E-state index contributed by atoms with van der Waals surface area (Å²) in [6.45, 7) is 1.16. The Kier molecular flexibility index (Phi) is 8.55. The standard InChI is InChI=1S/C19H22F2N6.HI/c1-22-19(24-11-9-14-13-15(20)7-8-16(14)21)23-10-4-6-18-26-25-17-5-2-3-12-27(17)18;/h2-3,5,7-8,12-13H,4,6,9-11H2,1H3,(H2,22,23,24);1H. The van der Waals surface area contributed by atoms with Gasteiger partial charge in [0.2, 0.25) is 0 Å². The zero-order valence-electron chi connectivity index (χ0n) is 15.5. The lowest BCUT2D eigenvalue weighted by molar-refractivity contribution is 0.583. The molecule has 3 aromatic rings. The van der Waals surface area contributed by atoms with E-state index in [-0.39, 0.29) is 24.0 Å². The van der Waals surface area contributed by atoms with Gasteiger partial charge in [-0.3, -0.25) is 9.39 Å². The molecule has 0 atom stereocenters. The topological polar surface area (TPSA) is 66.6 Å². The Bertz CT molecular complexity index is 928. The van der Waals surface area contributed by atoms with Gasteiger partial charge in [0.25, 0.3) is 0 Å². The van der Waals surface area contributed by atoms with E-state index in [4.69, 9.17) is 0 Å². The van der Waals surface area contributed by atoms with Gasteiger partial charge in [-0.2, -0.15) is 0 Å². The second-order valence-corrected chi connectivity index (χ2v) is 6.06. The third kappa shape index (κ3) is 5.85. The molecule has 0 radical (unpaired) electrons. The van der Waals surface area contributed by atoms with Gasteiger partial charge in [0.1, 0.15) is 17.5 Å². The van der Waals surface area contributed by atoms with Gasteiger partial charge in [-0.25, -0.2) is 8.78 Å². The van der Waals surface area contributed by atoms with Gasteiger partial charge in [0.05, 0.1) is 0 Å². The van der Waals surface area contributed by atoms with E-state index in [2.05, 4.69) is 25.8 Å². The predicted molar refractivity (Wildman–Crippen MR) is 116 cm³/mol. The van der Waals surface area contributed by atoms with E-state index < -0.39 is 11.6 Å². The van der Waals surface area contributed by atoms with Crippen LogP contribution in [0.5, 0.6) is 0 Å². The van der Waals surface area contributed by atoms with Gasteiger partial charge in [0, 0.05) is 32.8 Å². The largest absolute Gasteiger partial charge is 0.356 e. The minimum Gasteiger partial charge on any atom is -0.356 e. The highest BCUT2D eigenvalue weighted by Gasteiger charge is 2.06. The van der Waals surface area contributed by atoms with Gasteiger partial charge in [-0.15, -0.1) is 34.2 Å². The van der Waals surface area contributed by atoms with Crippen LogP contribution < -0.4 is 10.6 Å². The van der Waals surface area contributed by atoms with Crippen LogP contribution in [0.2, 0.25) is 0 Å². The lowest BCUT2D eigenvalue weighted by Gasteiger charge is -2.12. The fourth-order valence-electron chi connectivity index (χ4n) is 2.79. The van der Waals surface area contributed by atoms with Crippen molar-refractivity contribution in [2.45, 2.75) is 19.3 Å². The molecule has 6 nitrogen and oxygen atoms in total. The number of nitrogens with one attached hydrogen (secondary N) is 2. The molecule has 0 saturated heterocycles. The molecule has 2 aromatic heterocycles. The highest BCUT2D eigenvalue weighted by Crippen LogP contribution is 2.09. The number of halogens is 3. The van der Waals surface area contributed by atoms with Crippen molar-refractivity contribution < 1.29 is 8.78 Å². The number of aliphatic imine (C=N–C) groups is 1. The molecule has 150 valence electrons. The average Bonchev–Trinajstić information content (AvgIpc) is 3.09. The Hall–Kier alpha value is -2.30. The van der Waals surface area contributed by atoms with Crippen molar-refractivity contribution in [3.8, 4) is 0 Å². The van der Waals surface area contributed by atoms with E-state index in [1.165, 1.54) is 6.07 Å². The van der Waals surface area contributed by atoms with E-state index in [1.807, 2.05) is 28.8 Å². The van der Waals surface area contributed by atoms with Crippen LogP contribution in [0, 0.1) is 11.6 Å². The highest BCUT2D eigenvalue weighted by molar-refractivity contribution is 14.0. The van der Waals surface area contributed by atoms with E-state index in [0.717, 1.165) is 36.4 Å². The molecule has 0 spiro atoms. The van der Waals surface area contributed by atoms with Crippen molar-refractivity contribution in [3.05, 3.63) is 65.6 Å². The number of fused-ring (bicyclic) bond motifs is 1. The van der Waals surface area contributed by atoms with Gasteiger partial charge in [-0.1, -0.05) is 6.07 Å². The number of hydrogen-bond acceptors (Lipinski definition) is 3. The zero-order valence-corrected chi connectivity index (χ0v) is 17.9. The average molecular weight is 500 g/mol. The van der Waals surface area contributed by atoms with Crippen LogP contribution in [-0.2, 0) is 12.8 Å². The maximum Gasteiger partial charge on any atom is 0.190 e. The number of hydrogen-bond donors (Lipinski definition) is 2. The summed E-state index contributed by atoms with van der Waals surface area (Å²) in [7, 11) is 1.67. The number of rotatable bonds is 7. The maximum absolute atomic E-state index is 13.6. The van der Waals surface area contributed by atoms with Crippen LogP contribution in [-0.4, -0.2) is 40.7 Å². The number of guanidine groups is 1. The summed E-state index contributed by atoms with van der Waals surface area (Å²) >= 11 is 0. The second kappa shape index (κ2) is 10.9. The Labute approximate surface area is 179 Å². The summed E-state index contributed by atoms with van der Waals surface area (Å²) in [4.78, 5) is 4.14. The summed E-state index contributed by atoms with van der Waals surface area (Å²) in [6.07, 6.45) is 3.96. The summed E-state index contributed by atoms with van der Waals surface area (Å²) in [5.41, 5.74) is 1.18. The molecule has 0 aliphatic carbocycles. The molecular weight excluding hydrogens is 477 g/mol. The van der Waals surface area contributed by atoms with Crippen molar-refractivity contribution in [2.75, 3.05) is 20.1 Å². The van der Waals surface area contributed by atoms with Crippen molar-refractivity contribution in [1.82, 2.24) is 25.2 Å². The van der Waals surface area contributed by atoms with Crippen LogP contribution in [0.15, 0.2) is 47.6 Å². The number of nitrogens with zero attached hydrogens (tertiary/aromatic N) is 4. The van der Waals surface area contributed by atoms with Crippen LogP contribution >= 0.6 is 24.0 Å². The first-order valence-electron chi connectivity index (χ1n) is 8.84. The number of aryl methyl sites for hydroxylation is 1. The van der Waals surface area contributed by atoms with E-state index in [0.29, 0.717) is 31.0 Å². The second-order valence-electron chi connectivity index (χ2n) is 6.06. The van der Waals surface area contributed by atoms with E-state index in [9.17, 15) is 8.78 Å². The van der Waals surface area contributed by atoms with Crippen molar-refractivity contribution in [3.63, 3.8) is 0 Å². The summed E-state index contributed by atoms with van der Waals surface area (Å²) < 4.78 is 28.8. The molecule has 28 heavy (non-hydrogen) atoms. The highest BCUT2D eigenvalue weighted by atomic mass is 127. The molecular formula is C19H23F2IN6. The lowest BCUT2D eigenvalue weighted by Crippen LogP contribution is -2.38. The minimum absolute atomic E-state index is 0. The van der Waals surface area contributed by atoms with Crippen LogP contribution in [0.3, 0.4) is 0 Å². The van der Waals surface area contributed by atoms with Crippen molar-refractivity contribution in [1.29, 1.82) is 0 Å². The smallest absolute Gasteiger partial charge is 0.190 e. The molecule has 1 aromatic carbocycles. The molecule has 0 fully saturated rings. The molecule has 0 unspecified atom stereocenters. The molecule has 0 aliphatic heterocycles. The Morgan fingerprint density at radius 3 is 2.71 bits per heavy atom. The number of aromatic nitrogens is 3. The van der Waals surface area contributed by atoms with Gasteiger partial charge < -0.3 is 10.6 Å². The molecule has 0 aliphatic rings. The van der Waals surface area contributed by atoms with Crippen LogP contribution in [0.25, 0.3) is 5.65 Å². The van der Waals surface area contributed by atoms with Gasteiger partial charge >= 0.3 is 0 Å². The quantitative estimate of drug-likeness (QED) is 0.227. The van der Waals surface area contributed by atoms with E-state index in [1.54, 1.807) is 7.05 Å². The Morgan fingerprint density at radius 1 is 1.07 bits per heavy atom. The SMILES string of the molecule is CN=C(NCCCc1nnc2ccccn12)NCCc1cc(F)ccc1F.I. The zero-order chi connectivity index (χ0) is 19.1. The van der Waals surface area contributed by atoms with Crippen molar-refractivity contribution >= 4 is 35.6 Å². The van der Waals surface area contributed by atoms with Gasteiger partial charge in [0.15, 0.2) is 11.6 Å². The molecule has 0 bridgehead atoms. The Morgan fingerprint density at radius 2 is 1.89 bits per heavy atom. The monoisotopic (exact) mass is 500 g/mol. The van der Waals surface area contributed by atoms with Crippen LogP contribution in [0.4, 0.5) is 8.78 Å². The predicted octanol–water partition coefficient (Wildman–Crippen LogP) is 2.97. The maximum atomic E-state index is 13.6. The van der Waals surface area contributed by atoms with Crippen molar-refractivity contribution in [2.24, 2.45) is 4.99 Å². The first-order valence-corrected chi connectivity index (χ1v) is 8.84. The minimum atomic E-state index is -0.435. The summed E-state index contributed by atoms with van der Waals surface area (Å²) in [5.74, 6) is 0.700. The summed E-state index contributed by atoms with van der Waals surface area (Å²) in [5, 5.41) is 14.6. The third-order valence-electron chi connectivity index (χ3n) is 4.17. The summed E-state index contributed by atoms with van der Waals surface area (Å²) in [6, 6.07) is 9.28. The Balaban J connectivity index is 0.00000280. The third-order valence-corrected chi connectivity index (χ3v) is 4.17. The number of pyridine rings is 1. The number of benzene rings is 1. The molecule has 0 saturated carbocycles. The molecule has 9 heteroatoms. The fourth-order valence-corrected chi connectivity index (χ4v) is 2.79. The first-order chi connectivity index (χ1) is 13.2. The van der Waals surface area contributed by atoms with Gasteiger partial charge in [-0.05, 0) is 48.7 Å². The fraction of sp³-hybridized carbons (Fsp3) is 0.316. The molecule has 2 N–H and O–H groups in total. The van der Waals surface area contributed by atoms with E-state index >= 15 is 0 Å².